The monoisotopic (exact) mass is 277 g/mol. The van der Waals surface area contributed by atoms with Crippen LogP contribution in [0.4, 0.5) is 0 Å². The van der Waals surface area contributed by atoms with Crippen molar-refractivity contribution < 1.29 is 14.3 Å². The van der Waals surface area contributed by atoms with Gasteiger partial charge in [0.15, 0.2) is 0 Å². The van der Waals surface area contributed by atoms with Crippen molar-refractivity contribution in [2.75, 3.05) is 20.3 Å². The molecule has 2 rings (SSSR count). The van der Waals surface area contributed by atoms with E-state index in [0.717, 1.165) is 37.2 Å². The number of methoxy groups -OCH3 is 1. The fourth-order valence-electron chi connectivity index (χ4n) is 2.50. The quantitative estimate of drug-likeness (QED) is 0.900. The highest BCUT2D eigenvalue weighted by Gasteiger charge is 2.14. The normalized spacial score (nSPS) is 18.6. The summed E-state index contributed by atoms with van der Waals surface area (Å²) >= 11 is 0. The lowest BCUT2D eigenvalue weighted by molar-refractivity contribution is 0.0117. The van der Waals surface area contributed by atoms with Crippen LogP contribution >= 0.6 is 0 Å². The van der Waals surface area contributed by atoms with Crippen LogP contribution in [-0.4, -0.2) is 32.3 Å². The van der Waals surface area contributed by atoms with Gasteiger partial charge in [0, 0.05) is 18.7 Å². The summed E-state index contributed by atoms with van der Waals surface area (Å²) in [6.45, 7) is 3.45. The van der Waals surface area contributed by atoms with Crippen LogP contribution in [0.1, 0.15) is 41.6 Å². The smallest absolute Gasteiger partial charge is 0.251 e. The number of carbonyl (C=O) groups excluding carboxylic acids is 1. The zero-order valence-electron chi connectivity index (χ0n) is 12.3. The van der Waals surface area contributed by atoms with Crippen LogP contribution in [0.3, 0.4) is 0 Å². The molecular weight excluding hydrogens is 254 g/mol. The fourth-order valence-corrected chi connectivity index (χ4v) is 2.50. The van der Waals surface area contributed by atoms with E-state index in [1.807, 2.05) is 19.1 Å². The number of benzene rings is 1. The number of nitrogens with one attached hydrogen (secondary N) is 1. The van der Waals surface area contributed by atoms with Gasteiger partial charge in [-0.25, -0.2) is 0 Å². The third-order valence-electron chi connectivity index (χ3n) is 3.68. The Hall–Kier alpha value is -1.55. The molecule has 1 saturated heterocycles. The van der Waals surface area contributed by atoms with Crippen molar-refractivity contribution >= 4 is 5.91 Å². The van der Waals surface area contributed by atoms with Gasteiger partial charge in [-0.05, 0) is 56.4 Å². The number of carbonyl (C=O) groups is 1. The zero-order valence-corrected chi connectivity index (χ0v) is 12.3. The van der Waals surface area contributed by atoms with Crippen LogP contribution in [0.2, 0.25) is 0 Å². The Morgan fingerprint density at radius 2 is 2.30 bits per heavy atom. The molecule has 1 N–H and O–H groups in total. The van der Waals surface area contributed by atoms with Crippen LogP contribution in [0, 0.1) is 6.92 Å². The third kappa shape index (κ3) is 3.97. The molecule has 1 aliphatic rings. The van der Waals surface area contributed by atoms with Crippen LogP contribution in [0.5, 0.6) is 5.75 Å². The maximum absolute atomic E-state index is 12.0. The van der Waals surface area contributed by atoms with E-state index in [-0.39, 0.29) is 5.91 Å². The summed E-state index contributed by atoms with van der Waals surface area (Å²) in [6.07, 6.45) is 4.70. The molecule has 1 fully saturated rings. The molecule has 0 unspecified atom stereocenters. The minimum atomic E-state index is -0.0356. The van der Waals surface area contributed by atoms with Crippen LogP contribution < -0.4 is 10.1 Å². The number of rotatable bonds is 5. The summed E-state index contributed by atoms with van der Waals surface area (Å²) in [5.41, 5.74) is 1.64. The number of hydrogen-bond donors (Lipinski definition) is 1. The van der Waals surface area contributed by atoms with E-state index >= 15 is 0 Å². The van der Waals surface area contributed by atoms with Gasteiger partial charge in [-0.2, -0.15) is 0 Å². The minimum Gasteiger partial charge on any atom is -0.496 e. The van der Waals surface area contributed by atoms with Gasteiger partial charge in [-0.15, -0.1) is 0 Å². The summed E-state index contributed by atoms with van der Waals surface area (Å²) < 4.78 is 10.8. The van der Waals surface area contributed by atoms with Crippen molar-refractivity contribution in [3.05, 3.63) is 29.3 Å². The van der Waals surface area contributed by atoms with Gasteiger partial charge in [-0.3, -0.25) is 4.79 Å². The molecule has 20 heavy (non-hydrogen) atoms. The second kappa shape index (κ2) is 7.29. The van der Waals surface area contributed by atoms with Crippen molar-refractivity contribution in [2.45, 2.75) is 38.7 Å². The molecule has 0 aromatic heterocycles. The molecular formula is C16H23NO3. The first kappa shape index (κ1) is 14.9. The number of hydrogen-bond acceptors (Lipinski definition) is 3. The van der Waals surface area contributed by atoms with Crippen LogP contribution in [-0.2, 0) is 4.74 Å². The van der Waals surface area contributed by atoms with E-state index < -0.39 is 0 Å². The third-order valence-corrected chi connectivity index (χ3v) is 3.68. The van der Waals surface area contributed by atoms with Crippen molar-refractivity contribution in [1.82, 2.24) is 5.32 Å². The lowest BCUT2D eigenvalue weighted by atomic mass is 10.1. The second-order valence-electron chi connectivity index (χ2n) is 5.22. The predicted octanol–water partition coefficient (Wildman–Crippen LogP) is 2.69. The van der Waals surface area contributed by atoms with Gasteiger partial charge in [0.25, 0.3) is 5.91 Å². The molecule has 0 saturated carbocycles. The number of amides is 1. The number of aryl methyl sites for hydroxylation is 1. The largest absolute Gasteiger partial charge is 0.496 e. The highest BCUT2D eigenvalue weighted by molar-refractivity contribution is 5.94. The first-order chi connectivity index (χ1) is 9.70. The van der Waals surface area contributed by atoms with Crippen LogP contribution in [0.15, 0.2) is 18.2 Å². The predicted molar refractivity (Wildman–Crippen MR) is 78.3 cm³/mol. The summed E-state index contributed by atoms with van der Waals surface area (Å²) in [6, 6.07) is 5.47. The van der Waals surface area contributed by atoms with E-state index in [4.69, 9.17) is 9.47 Å². The molecule has 1 atom stereocenters. The molecule has 1 amide bonds. The van der Waals surface area contributed by atoms with Gasteiger partial charge in [-0.1, -0.05) is 0 Å². The zero-order chi connectivity index (χ0) is 14.4. The maximum Gasteiger partial charge on any atom is 0.251 e. The first-order valence-corrected chi connectivity index (χ1v) is 7.25. The summed E-state index contributed by atoms with van der Waals surface area (Å²) in [5.74, 6) is 0.767. The van der Waals surface area contributed by atoms with Crippen molar-refractivity contribution in [2.24, 2.45) is 0 Å². The van der Waals surface area contributed by atoms with Crippen molar-refractivity contribution in [3.8, 4) is 5.75 Å². The molecule has 1 aromatic carbocycles. The van der Waals surface area contributed by atoms with E-state index in [0.29, 0.717) is 18.2 Å². The average Bonchev–Trinajstić information content (AvgIpc) is 2.48. The van der Waals surface area contributed by atoms with Crippen LogP contribution in [0.25, 0.3) is 0 Å². The van der Waals surface area contributed by atoms with Gasteiger partial charge in [0.2, 0.25) is 0 Å². The van der Waals surface area contributed by atoms with E-state index in [1.54, 1.807) is 13.2 Å². The molecule has 4 nitrogen and oxygen atoms in total. The van der Waals surface area contributed by atoms with Gasteiger partial charge in [0.1, 0.15) is 5.75 Å². The Kier molecular flexibility index (Phi) is 5.41. The van der Waals surface area contributed by atoms with E-state index in [1.165, 1.54) is 6.42 Å². The first-order valence-electron chi connectivity index (χ1n) is 7.25. The minimum absolute atomic E-state index is 0.0356. The molecule has 0 bridgehead atoms. The summed E-state index contributed by atoms with van der Waals surface area (Å²) in [4.78, 5) is 12.0. The van der Waals surface area contributed by atoms with Gasteiger partial charge >= 0.3 is 0 Å². The molecule has 1 heterocycles. The van der Waals surface area contributed by atoms with E-state index in [2.05, 4.69) is 5.32 Å². The molecule has 1 aromatic rings. The Morgan fingerprint density at radius 1 is 1.45 bits per heavy atom. The summed E-state index contributed by atoms with van der Waals surface area (Å²) in [5, 5.41) is 2.95. The van der Waals surface area contributed by atoms with Crippen molar-refractivity contribution in [1.29, 1.82) is 0 Å². The molecule has 0 aliphatic carbocycles. The Balaban J connectivity index is 1.80. The highest BCUT2D eigenvalue weighted by Crippen LogP contribution is 2.18. The highest BCUT2D eigenvalue weighted by atomic mass is 16.5. The van der Waals surface area contributed by atoms with Crippen molar-refractivity contribution in [3.63, 3.8) is 0 Å². The topological polar surface area (TPSA) is 47.6 Å². The SMILES string of the molecule is COc1ccc(C(=O)NCC[C@@H]2CCCCO2)cc1C. The maximum atomic E-state index is 12.0. The molecule has 0 spiro atoms. The molecule has 110 valence electrons. The Labute approximate surface area is 120 Å². The molecule has 1 aliphatic heterocycles. The average molecular weight is 277 g/mol. The summed E-state index contributed by atoms with van der Waals surface area (Å²) in [7, 11) is 1.63. The Morgan fingerprint density at radius 3 is 2.95 bits per heavy atom. The van der Waals surface area contributed by atoms with Gasteiger partial charge in [0.05, 0.1) is 13.2 Å². The standard InChI is InChI=1S/C16H23NO3/c1-12-11-13(6-7-15(12)19-2)16(18)17-9-8-14-5-3-4-10-20-14/h6-7,11,14H,3-5,8-10H2,1-2H3,(H,17,18)/t14-/m0/s1. The Bertz CT molecular complexity index is 453. The fraction of sp³-hybridized carbons (Fsp3) is 0.562. The number of ether oxygens (including phenoxy) is 2. The molecule has 0 radical (unpaired) electrons. The second-order valence-corrected chi connectivity index (χ2v) is 5.22. The lowest BCUT2D eigenvalue weighted by Crippen LogP contribution is -2.29. The molecule has 4 heteroatoms. The van der Waals surface area contributed by atoms with Gasteiger partial charge < -0.3 is 14.8 Å². The van der Waals surface area contributed by atoms with E-state index in [9.17, 15) is 4.79 Å². The lowest BCUT2D eigenvalue weighted by Gasteiger charge is -2.22.